The van der Waals surface area contributed by atoms with Crippen molar-refractivity contribution in [3.8, 4) is 17.2 Å². The fourth-order valence-corrected chi connectivity index (χ4v) is 3.54. The van der Waals surface area contributed by atoms with Crippen LogP contribution in [0.15, 0.2) is 36.7 Å². The number of ether oxygens (including phenoxy) is 3. The first kappa shape index (κ1) is 18.5. The van der Waals surface area contributed by atoms with Crippen molar-refractivity contribution in [3.63, 3.8) is 0 Å². The van der Waals surface area contributed by atoms with E-state index in [1.165, 1.54) is 0 Å². The van der Waals surface area contributed by atoms with E-state index in [1.807, 2.05) is 24.4 Å². The van der Waals surface area contributed by atoms with E-state index in [1.54, 1.807) is 27.5 Å². The van der Waals surface area contributed by atoms with Crippen molar-refractivity contribution in [3.05, 3.63) is 47.8 Å². The number of hydrogen-bond acceptors (Lipinski definition) is 6. The molecule has 1 aliphatic heterocycles. The number of nitrogens with zero attached hydrogens (tertiary/aromatic N) is 2. The summed E-state index contributed by atoms with van der Waals surface area (Å²) in [6, 6.07) is 8.27. The van der Waals surface area contributed by atoms with Crippen LogP contribution in [0, 0.1) is 0 Å². The molecule has 0 bridgehead atoms. The van der Waals surface area contributed by atoms with Gasteiger partial charge in [0.15, 0.2) is 11.5 Å². The lowest BCUT2D eigenvalue weighted by Gasteiger charge is -2.31. The number of benzene rings is 1. The smallest absolute Gasteiger partial charge is 0.203 e. The summed E-state index contributed by atoms with van der Waals surface area (Å²) in [5, 5.41) is 3.47. The maximum absolute atomic E-state index is 5.57. The summed E-state index contributed by atoms with van der Waals surface area (Å²) >= 11 is 0. The fourth-order valence-electron chi connectivity index (χ4n) is 3.54. The molecule has 2 heterocycles. The minimum atomic E-state index is 0.0808. The molecule has 3 rings (SSSR count). The number of nitrogens with one attached hydrogen (secondary N) is 1. The largest absolute Gasteiger partial charge is 0.493 e. The van der Waals surface area contributed by atoms with E-state index in [2.05, 4.69) is 21.3 Å². The molecule has 6 heteroatoms. The monoisotopic (exact) mass is 357 g/mol. The van der Waals surface area contributed by atoms with Gasteiger partial charge < -0.3 is 19.5 Å². The molecule has 0 radical (unpaired) electrons. The highest BCUT2D eigenvalue weighted by atomic mass is 16.5. The molecule has 0 spiro atoms. The summed E-state index contributed by atoms with van der Waals surface area (Å²) in [7, 11) is 4.92. The molecule has 1 fully saturated rings. The molecule has 1 N–H and O–H groups in total. The van der Waals surface area contributed by atoms with Crippen LogP contribution in [0.1, 0.15) is 23.6 Å². The maximum atomic E-state index is 5.57. The second kappa shape index (κ2) is 8.87. The van der Waals surface area contributed by atoms with Gasteiger partial charge in [-0.05, 0) is 42.3 Å². The number of methoxy groups -OCH3 is 3. The third kappa shape index (κ3) is 3.92. The lowest BCUT2D eigenvalue weighted by atomic mass is 9.97. The minimum absolute atomic E-state index is 0.0808. The van der Waals surface area contributed by atoms with Crippen molar-refractivity contribution in [2.24, 2.45) is 0 Å². The Morgan fingerprint density at radius 2 is 1.77 bits per heavy atom. The van der Waals surface area contributed by atoms with Crippen LogP contribution in [-0.4, -0.2) is 57.4 Å². The van der Waals surface area contributed by atoms with Gasteiger partial charge in [0.25, 0.3) is 0 Å². The van der Waals surface area contributed by atoms with Crippen molar-refractivity contribution >= 4 is 0 Å². The Hall–Kier alpha value is -2.31. The molecule has 0 aliphatic carbocycles. The Kier molecular flexibility index (Phi) is 6.30. The maximum Gasteiger partial charge on any atom is 0.203 e. The van der Waals surface area contributed by atoms with E-state index >= 15 is 0 Å². The van der Waals surface area contributed by atoms with E-state index in [0.29, 0.717) is 17.2 Å². The topological polar surface area (TPSA) is 55.9 Å². The number of aromatic nitrogens is 1. The zero-order chi connectivity index (χ0) is 18.4. The van der Waals surface area contributed by atoms with Crippen LogP contribution in [0.25, 0.3) is 0 Å². The van der Waals surface area contributed by atoms with E-state index in [9.17, 15) is 0 Å². The first-order chi connectivity index (χ1) is 12.8. The molecule has 1 unspecified atom stereocenters. The highest BCUT2D eigenvalue weighted by molar-refractivity contribution is 5.55. The molecule has 140 valence electrons. The summed E-state index contributed by atoms with van der Waals surface area (Å²) in [6.45, 7) is 4.01. The van der Waals surface area contributed by atoms with Crippen molar-refractivity contribution in [2.45, 2.75) is 12.5 Å². The van der Waals surface area contributed by atoms with Crippen molar-refractivity contribution in [2.75, 3.05) is 47.5 Å². The summed E-state index contributed by atoms with van der Waals surface area (Å²) in [5.74, 6) is 1.95. The lowest BCUT2D eigenvalue weighted by molar-refractivity contribution is 0.239. The van der Waals surface area contributed by atoms with Crippen LogP contribution in [-0.2, 0) is 0 Å². The van der Waals surface area contributed by atoms with Gasteiger partial charge in [0.05, 0.1) is 27.4 Å². The SMILES string of the molecule is COc1cc(C(c2cccnc2)N2CCCNCC2)cc(OC)c1OC. The van der Waals surface area contributed by atoms with Gasteiger partial charge >= 0.3 is 0 Å². The molecular formula is C20H27N3O3. The summed E-state index contributed by atoms with van der Waals surface area (Å²) < 4.78 is 16.6. The van der Waals surface area contributed by atoms with Gasteiger partial charge in [0.1, 0.15) is 0 Å². The molecule has 26 heavy (non-hydrogen) atoms. The lowest BCUT2D eigenvalue weighted by Crippen LogP contribution is -2.33. The quantitative estimate of drug-likeness (QED) is 0.857. The molecule has 6 nitrogen and oxygen atoms in total. The van der Waals surface area contributed by atoms with Gasteiger partial charge in [-0.1, -0.05) is 6.07 Å². The highest BCUT2D eigenvalue weighted by Gasteiger charge is 2.26. The van der Waals surface area contributed by atoms with Crippen molar-refractivity contribution < 1.29 is 14.2 Å². The van der Waals surface area contributed by atoms with E-state index in [4.69, 9.17) is 14.2 Å². The summed E-state index contributed by atoms with van der Waals surface area (Å²) in [4.78, 5) is 6.82. The van der Waals surface area contributed by atoms with Crippen LogP contribution < -0.4 is 19.5 Å². The van der Waals surface area contributed by atoms with Gasteiger partial charge in [-0.15, -0.1) is 0 Å². The molecular weight excluding hydrogens is 330 g/mol. The molecule has 0 saturated carbocycles. The Morgan fingerprint density at radius 3 is 2.38 bits per heavy atom. The Bertz CT molecular complexity index is 676. The zero-order valence-corrected chi connectivity index (χ0v) is 15.7. The second-order valence-electron chi connectivity index (χ2n) is 6.29. The molecule has 0 amide bonds. The zero-order valence-electron chi connectivity index (χ0n) is 15.7. The van der Waals surface area contributed by atoms with Crippen molar-refractivity contribution in [1.29, 1.82) is 0 Å². The standard InChI is InChI=1S/C20H27N3O3/c1-24-17-12-16(13-18(25-2)20(17)26-3)19(15-6-4-7-22-14-15)23-10-5-8-21-9-11-23/h4,6-7,12-14,19,21H,5,8-11H2,1-3H3. The number of hydrogen-bond donors (Lipinski definition) is 1. The molecule has 1 aromatic heterocycles. The third-order valence-electron chi connectivity index (χ3n) is 4.74. The number of rotatable bonds is 6. The average Bonchev–Trinajstić information content (AvgIpc) is 2.97. The third-order valence-corrected chi connectivity index (χ3v) is 4.74. The van der Waals surface area contributed by atoms with Gasteiger partial charge in [-0.3, -0.25) is 9.88 Å². The highest BCUT2D eigenvalue weighted by Crippen LogP contribution is 2.42. The Balaban J connectivity index is 2.09. The summed E-state index contributed by atoms with van der Waals surface area (Å²) in [5.41, 5.74) is 2.26. The molecule has 2 aromatic rings. The first-order valence-corrected chi connectivity index (χ1v) is 8.93. The van der Waals surface area contributed by atoms with E-state index < -0.39 is 0 Å². The van der Waals surface area contributed by atoms with Crippen LogP contribution in [0.5, 0.6) is 17.2 Å². The molecule has 1 atom stereocenters. The number of pyridine rings is 1. The normalized spacial score (nSPS) is 16.6. The second-order valence-corrected chi connectivity index (χ2v) is 6.29. The average molecular weight is 357 g/mol. The van der Waals surface area contributed by atoms with Crippen LogP contribution in [0.2, 0.25) is 0 Å². The summed E-state index contributed by atoms with van der Waals surface area (Å²) in [6.07, 6.45) is 4.85. The van der Waals surface area contributed by atoms with Gasteiger partial charge in [-0.2, -0.15) is 0 Å². The predicted octanol–water partition coefficient (Wildman–Crippen LogP) is 2.49. The molecule has 1 saturated heterocycles. The van der Waals surface area contributed by atoms with Crippen LogP contribution >= 0.6 is 0 Å². The van der Waals surface area contributed by atoms with Crippen LogP contribution in [0.4, 0.5) is 0 Å². The minimum Gasteiger partial charge on any atom is -0.493 e. The van der Waals surface area contributed by atoms with Crippen LogP contribution in [0.3, 0.4) is 0 Å². The van der Waals surface area contributed by atoms with E-state index in [0.717, 1.165) is 43.7 Å². The predicted molar refractivity (Wildman–Crippen MR) is 101 cm³/mol. The van der Waals surface area contributed by atoms with Gasteiger partial charge in [0.2, 0.25) is 5.75 Å². The molecule has 1 aliphatic rings. The van der Waals surface area contributed by atoms with Gasteiger partial charge in [-0.25, -0.2) is 0 Å². The fraction of sp³-hybridized carbons (Fsp3) is 0.450. The Morgan fingerprint density at radius 1 is 1.00 bits per heavy atom. The van der Waals surface area contributed by atoms with Gasteiger partial charge in [0, 0.05) is 32.0 Å². The first-order valence-electron chi connectivity index (χ1n) is 8.93. The molecule has 1 aromatic carbocycles. The van der Waals surface area contributed by atoms with Crippen molar-refractivity contribution in [1.82, 2.24) is 15.2 Å². The Labute approximate surface area is 155 Å². The van der Waals surface area contributed by atoms with E-state index in [-0.39, 0.29) is 6.04 Å².